The summed E-state index contributed by atoms with van der Waals surface area (Å²) in [5.41, 5.74) is -0.467. The summed E-state index contributed by atoms with van der Waals surface area (Å²) in [5.74, 6) is -3.24. The molecule has 11 heteroatoms. The van der Waals surface area contributed by atoms with E-state index in [0.717, 1.165) is 6.07 Å². The van der Waals surface area contributed by atoms with Crippen LogP contribution in [0.5, 0.6) is 0 Å². The molecule has 0 aliphatic carbocycles. The number of fused-ring (bicyclic) bond motifs is 1. The number of carbonyl (C=O) groups is 1. The Bertz CT molecular complexity index is 1000. The van der Waals surface area contributed by atoms with Crippen LogP contribution in [0.15, 0.2) is 30.5 Å². The minimum atomic E-state index is -4.54. The highest BCUT2D eigenvalue weighted by molar-refractivity contribution is 5.94. The topological polar surface area (TPSA) is 66.5 Å². The summed E-state index contributed by atoms with van der Waals surface area (Å²) in [6.45, 7) is 1.86. The Morgan fingerprint density at radius 2 is 2.09 bits per heavy atom. The Labute approximate surface area is 181 Å². The number of alkyl halides is 5. The molecule has 1 amide bonds. The maximum Gasteiger partial charge on any atom is 0.418 e. The Kier molecular flexibility index (Phi) is 5.97. The minimum Gasteiger partial charge on any atom is -0.365 e. The summed E-state index contributed by atoms with van der Waals surface area (Å²) in [7, 11) is 0. The maximum atomic E-state index is 13.4. The van der Waals surface area contributed by atoms with Crippen molar-refractivity contribution in [2.45, 2.75) is 43.7 Å². The van der Waals surface area contributed by atoms with Gasteiger partial charge < -0.3 is 20.3 Å². The number of benzene rings is 1. The molecule has 3 heterocycles. The van der Waals surface area contributed by atoms with E-state index >= 15 is 0 Å². The number of ether oxygens (including phenoxy) is 1. The average Bonchev–Trinajstić information content (AvgIpc) is 3.08. The molecule has 1 aromatic heterocycles. The Hall–Kier alpha value is -2.53. The van der Waals surface area contributed by atoms with E-state index in [-0.39, 0.29) is 31.1 Å². The lowest BCUT2D eigenvalue weighted by atomic mass is 10.0. The zero-order chi connectivity index (χ0) is 23.1. The molecule has 0 unspecified atom stereocenters. The summed E-state index contributed by atoms with van der Waals surface area (Å²) in [4.78, 5) is 18.4. The molecule has 6 nitrogen and oxygen atoms in total. The van der Waals surface area contributed by atoms with Crippen molar-refractivity contribution in [1.29, 1.82) is 0 Å². The van der Waals surface area contributed by atoms with Gasteiger partial charge in [0.25, 0.3) is 11.8 Å². The van der Waals surface area contributed by atoms with Crippen molar-refractivity contribution in [3.8, 4) is 0 Å². The number of pyridine rings is 1. The maximum absolute atomic E-state index is 13.4. The standard InChI is InChI=1S/C21H23F5N4O2/c1-12-9-30(10-17(32-12)19(31)28-8-13-7-20(22,23)11-29-13)16-5-4-15(21(24,25)26)18-14(16)3-2-6-27-18/h2-6,12-13,17,29H,7-11H2,1H3,(H,28,31)/t12-,13+,17-/m1/s1. The molecule has 3 atom stereocenters. The summed E-state index contributed by atoms with van der Waals surface area (Å²) in [5, 5.41) is 5.64. The number of amides is 1. The van der Waals surface area contributed by atoms with Gasteiger partial charge in [0, 0.05) is 42.8 Å². The number of anilines is 1. The third kappa shape index (κ3) is 4.78. The van der Waals surface area contributed by atoms with E-state index in [4.69, 9.17) is 4.74 Å². The van der Waals surface area contributed by atoms with Crippen LogP contribution < -0.4 is 15.5 Å². The molecule has 2 saturated heterocycles. The molecule has 4 rings (SSSR count). The largest absolute Gasteiger partial charge is 0.418 e. The van der Waals surface area contributed by atoms with Gasteiger partial charge in [0.2, 0.25) is 0 Å². The predicted molar refractivity (Wildman–Crippen MR) is 108 cm³/mol. The zero-order valence-corrected chi connectivity index (χ0v) is 17.3. The molecule has 174 valence electrons. The quantitative estimate of drug-likeness (QED) is 0.690. The van der Waals surface area contributed by atoms with E-state index in [9.17, 15) is 26.7 Å². The summed E-state index contributed by atoms with van der Waals surface area (Å²) in [6, 6.07) is 4.96. The lowest BCUT2D eigenvalue weighted by molar-refractivity contribution is -0.137. The van der Waals surface area contributed by atoms with Crippen LogP contribution in [0.3, 0.4) is 0 Å². The van der Waals surface area contributed by atoms with Crippen molar-refractivity contribution in [2.75, 3.05) is 31.1 Å². The van der Waals surface area contributed by atoms with Crippen molar-refractivity contribution in [3.63, 3.8) is 0 Å². The van der Waals surface area contributed by atoms with Crippen LogP contribution in [-0.2, 0) is 15.7 Å². The van der Waals surface area contributed by atoms with E-state index in [1.165, 1.54) is 12.3 Å². The monoisotopic (exact) mass is 458 g/mol. The van der Waals surface area contributed by atoms with Gasteiger partial charge in [-0.3, -0.25) is 9.78 Å². The van der Waals surface area contributed by atoms with Crippen molar-refractivity contribution in [1.82, 2.24) is 15.6 Å². The second-order valence-electron chi connectivity index (χ2n) is 8.25. The number of halogens is 5. The van der Waals surface area contributed by atoms with E-state index < -0.39 is 42.3 Å². The molecule has 0 radical (unpaired) electrons. The fraction of sp³-hybridized carbons (Fsp3) is 0.524. The molecule has 0 saturated carbocycles. The van der Waals surface area contributed by atoms with Gasteiger partial charge in [-0.2, -0.15) is 13.2 Å². The molecule has 32 heavy (non-hydrogen) atoms. The van der Waals surface area contributed by atoms with Gasteiger partial charge in [0.05, 0.1) is 30.3 Å². The van der Waals surface area contributed by atoms with Gasteiger partial charge in [-0.05, 0) is 31.2 Å². The molecular formula is C21H23F5N4O2. The fourth-order valence-corrected chi connectivity index (χ4v) is 4.24. The number of morpholine rings is 1. The third-order valence-electron chi connectivity index (χ3n) is 5.66. The van der Waals surface area contributed by atoms with Crippen LogP contribution in [0.2, 0.25) is 0 Å². The molecule has 2 fully saturated rings. The molecule has 0 spiro atoms. The number of nitrogens with zero attached hydrogens (tertiary/aromatic N) is 2. The summed E-state index contributed by atoms with van der Waals surface area (Å²) < 4.78 is 72.6. The Morgan fingerprint density at radius 1 is 1.31 bits per heavy atom. The van der Waals surface area contributed by atoms with E-state index in [2.05, 4.69) is 15.6 Å². The first-order valence-electron chi connectivity index (χ1n) is 10.3. The molecule has 0 bridgehead atoms. The molecule has 2 aromatic rings. The first-order chi connectivity index (χ1) is 15.0. The summed E-state index contributed by atoms with van der Waals surface area (Å²) >= 11 is 0. The van der Waals surface area contributed by atoms with Crippen LogP contribution in [0.1, 0.15) is 18.9 Å². The number of carbonyl (C=O) groups excluding carboxylic acids is 1. The number of rotatable bonds is 4. The predicted octanol–water partition coefficient (Wildman–Crippen LogP) is 2.96. The van der Waals surface area contributed by atoms with Crippen molar-refractivity contribution >= 4 is 22.5 Å². The van der Waals surface area contributed by atoms with Gasteiger partial charge in [-0.15, -0.1) is 0 Å². The fourth-order valence-electron chi connectivity index (χ4n) is 4.24. The second-order valence-corrected chi connectivity index (χ2v) is 8.25. The highest BCUT2D eigenvalue weighted by Crippen LogP contribution is 2.38. The van der Waals surface area contributed by atoms with E-state index in [0.29, 0.717) is 17.6 Å². The highest BCUT2D eigenvalue weighted by Gasteiger charge is 2.40. The van der Waals surface area contributed by atoms with Gasteiger partial charge in [0.1, 0.15) is 0 Å². The molecule has 1 aromatic carbocycles. The van der Waals surface area contributed by atoms with Crippen LogP contribution >= 0.6 is 0 Å². The number of nitrogens with one attached hydrogen (secondary N) is 2. The van der Waals surface area contributed by atoms with Gasteiger partial charge in [0.15, 0.2) is 6.10 Å². The molecule has 2 N–H and O–H groups in total. The normalized spacial score (nSPS) is 25.8. The smallest absolute Gasteiger partial charge is 0.365 e. The van der Waals surface area contributed by atoms with Crippen molar-refractivity contribution < 1.29 is 31.5 Å². The van der Waals surface area contributed by atoms with Crippen LogP contribution in [-0.4, -0.2) is 61.2 Å². The number of hydrogen-bond acceptors (Lipinski definition) is 5. The van der Waals surface area contributed by atoms with Crippen molar-refractivity contribution in [3.05, 3.63) is 36.0 Å². The Morgan fingerprint density at radius 3 is 2.78 bits per heavy atom. The van der Waals surface area contributed by atoms with E-state index in [1.807, 2.05) is 0 Å². The molecule has 2 aliphatic heterocycles. The minimum absolute atomic E-state index is 0.0375. The second kappa shape index (κ2) is 8.43. The SMILES string of the molecule is C[C@@H]1CN(c2ccc(C(F)(F)F)c3ncccc23)C[C@H](C(=O)NC[C@@H]2CC(F)(F)CN2)O1. The van der Waals surface area contributed by atoms with Gasteiger partial charge >= 0.3 is 6.18 Å². The van der Waals surface area contributed by atoms with Crippen LogP contribution in [0.4, 0.5) is 27.6 Å². The van der Waals surface area contributed by atoms with Gasteiger partial charge in [-0.1, -0.05) is 0 Å². The lowest BCUT2D eigenvalue weighted by Crippen LogP contribution is -2.54. The highest BCUT2D eigenvalue weighted by atomic mass is 19.4. The average molecular weight is 458 g/mol. The number of aromatic nitrogens is 1. The van der Waals surface area contributed by atoms with Crippen molar-refractivity contribution in [2.24, 2.45) is 0 Å². The van der Waals surface area contributed by atoms with Crippen LogP contribution in [0, 0.1) is 0 Å². The zero-order valence-electron chi connectivity index (χ0n) is 17.3. The first-order valence-corrected chi connectivity index (χ1v) is 10.3. The first kappa shape index (κ1) is 22.7. The van der Waals surface area contributed by atoms with Gasteiger partial charge in [-0.25, -0.2) is 8.78 Å². The molecular weight excluding hydrogens is 435 g/mol. The van der Waals surface area contributed by atoms with Crippen LogP contribution in [0.25, 0.3) is 10.9 Å². The lowest BCUT2D eigenvalue weighted by Gasteiger charge is -2.38. The Balaban J connectivity index is 1.51. The molecule has 2 aliphatic rings. The third-order valence-corrected chi connectivity index (χ3v) is 5.66. The van der Waals surface area contributed by atoms with E-state index in [1.54, 1.807) is 24.0 Å². The number of hydrogen-bond donors (Lipinski definition) is 2. The summed E-state index contributed by atoms with van der Waals surface area (Å²) in [6.07, 6.45) is -4.86.